The number of alkyl halides is 1. The summed E-state index contributed by atoms with van der Waals surface area (Å²) in [4.78, 5) is 5.42. The SMILES string of the molecule is Cc1nc(NS(=O)(=O)c2ccc(CBr)cc2)sc1C. The van der Waals surface area contributed by atoms with Crippen molar-refractivity contribution in [1.29, 1.82) is 0 Å². The first-order chi connectivity index (χ1) is 8.92. The highest BCUT2D eigenvalue weighted by Crippen LogP contribution is 2.24. The molecular weight excluding hydrogens is 348 g/mol. The Hall–Kier alpha value is -0.920. The van der Waals surface area contributed by atoms with E-state index >= 15 is 0 Å². The second kappa shape index (κ2) is 5.60. The molecule has 4 nitrogen and oxygen atoms in total. The molecule has 0 aliphatic carbocycles. The minimum atomic E-state index is -3.56. The fraction of sp³-hybridized carbons (Fsp3) is 0.250. The summed E-state index contributed by atoms with van der Waals surface area (Å²) in [5.74, 6) is 0. The summed E-state index contributed by atoms with van der Waals surface area (Å²) in [5, 5.41) is 1.10. The van der Waals surface area contributed by atoms with Crippen molar-refractivity contribution in [3.05, 3.63) is 40.4 Å². The van der Waals surface area contributed by atoms with Crippen LogP contribution < -0.4 is 4.72 Å². The summed E-state index contributed by atoms with van der Waals surface area (Å²) in [7, 11) is -3.56. The lowest BCUT2D eigenvalue weighted by atomic mass is 10.2. The highest BCUT2D eigenvalue weighted by molar-refractivity contribution is 9.08. The van der Waals surface area contributed by atoms with Gasteiger partial charge in [-0.2, -0.15) is 0 Å². The van der Waals surface area contributed by atoms with Crippen LogP contribution in [0.4, 0.5) is 5.13 Å². The zero-order chi connectivity index (χ0) is 14.0. The quantitative estimate of drug-likeness (QED) is 0.849. The van der Waals surface area contributed by atoms with Crippen molar-refractivity contribution in [3.63, 3.8) is 0 Å². The van der Waals surface area contributed by atoms with Gasteiger partial charge in [-0.15, -0.1) is 11.3 Å². The van der Waals surface area contributed by atoms with Gasteiger partial charge in [-0.1, -0.05) is 28.1 Å². The van der Waals surface area contributed by atoms with Gasteiger partial charge in [0.05, 0.1) is 10.6 Å². The number of anilines is 1. The molecule has 2 aromatic rings. The van der Waals surface area contributed by atoms with Crippen molar-refractivity contribution in [1.82, 2.24) is 4.98 Å². The third-order valence-corrected chi connectivity index (χ3v) is 5.76. The molecule has 0 bridgehead atoms. The lowest BCUT2D eigenvalue weighted by molar-refractivity contribution is 0.601. The fourth-order valence-electron chi connectivity index (χ4n) is 1.45. The molecule has 0 radical (unpaired) electrons. The Morgan fingerprint density at radius 1 is 1.26 bits per heavy atom. The molecule has 0 amide bonds. The number of hydrogen-bond donors (Lipinski definition) is 1. The van der Waals surface area contributed by atoms with Crippen LogP contribution in [-0.4, -0.2) is 13.4 Å². The molecule has 0 atom stereocenters. The Balaban J connectivity index is 2.26. The fourth-order valence-corrected chi connectivity index (χ4v) is 3.87. The van der Waals surface area contributed by atoms with Crippen LogP contribution in [0.3, 0.4) is 0 Å². The van der Waals surface area contributed by atoms with Crippen molar-refractivity contribution < 1.29 is 8.42 Å². The molecule has 1 aromatic heterocycles. The van der Waals surface area contributed by atoms with E-state index in [0.717, 1.165) is 16.1 Å². The van der Waals surface area contributed by atoms with Crippen LogP contribution in [-0.2, 0) is 15.4 Å². The summed E-state index contributed by atoms with van der Waals surface area (Å²) in [6.07, 6.45) is 0. The number of aryl methyl sites for hydroxylation is 2. The molecule has 7 heteroatoms. The summed E-state index contributed by atoms with van der Waals surface area (Å²) < 4.78 is 26.8. The van der Waals surface area contributed by atoms with E-state index in [1.807, 2.05) is 13.8 Å². The maximum Gasteiger partial charge on any atom is 0.263 e. The van der Waals surface area contributed by atoms with Gasteiger partial charge >= 0.3 is 0 Å². The number of benzene rings is 1. The van der Waals surface area contributed by atoms with Gasteiger partial charge in [0.1, 0.15) is 0 Å². The molecule has 0 aliphatic heterocycles. The first kappa shape index (κ1) is 14.5. The van der Waals surface area contributed by atoms with Crippen molar-refractivity contribution in [2.75, 3.05) is 4.72 Å². The van der Waals surface area contributed by atoms with Crippen molar-refractivity contribution >= 4 is 42.4 Å². The van der Waals surface area contributed by atoms with Crippen molar-refractivity contribution in [2.24, 2.45) is 0 Å². The van der Waals surface area contributed by atoms with E-state index in [-0.39, 0.29) is 4.90 Å². The monoisotopic (exact) mass is 360 g/mol. The van der Waals surface area contributed by atoms with E-state index in [4.69, 9.17) is 0 Å². The first-order valence-corrected chi connectivity index (χ1v) is 8.96. The van der Waals surface area contributed by atoms with Gasteiger partial charge in [-0.25, -0.2) is 13.4 Å². The number of halogens is 1. The van der Waals surface area contributed by atoms with Crippen LogP contribution in [0.5, 0.6) is 0 Å². The van der Waals surface area contributed by atoms with E-state index in [0.29, 0.717) is 10.5 Å². The predicted molar refractivity (Wildman–Crippen MR) is 81.5 cm³/mol. The maximum absolute atomic E-state index is 12.2. The van der Waals surface area contributed by atoms with Gasteiger partial charge in [0, 0.05) is 10.2 Å². The van der Waals surface area contributed by atoms with Crippen molar-refractivity contribution in [2.45, 2.75) is 24.1 Å². The highest BCUT2D eigenvalue weighted by Gasteiger charge is 2.16. The standard InChI is InChI=1S/C12H13BrN2O2S2/c1-8-9(2)18-12(14-8)15-19(16,17)11-5-3-10(7-13)4-6-11/h3-6H,7H2,1-2H3,(H,14,15). The molecule has 2 rings (SSSR count). The van der Waals surface area contributed by atoms with Crippen LogP contribution in [0.1, 0.15) is 16.1 Å². The van der Waals surface area contributed by atoms with Crippen LogP contribution in [0.2, 0.25) is 0 Å². The zero-order valence-corrected chi connectivity index (χ0v) is 13.7. The topological polar surface area (TPSA) is 59.1 Å². The molecule has 19 heavy (non-hydrogen) atoms. The van der Waals surface area contributed by atoms with Crippen LogP contribution in [0.25, 0.3) is 0 Å². The molecule has 0 aliphatic rings. The van der Waals surface area contributed by atoms with E-state index in [2.05, 4.69) is 25.6 Å². The normalized spacial score (nSPS) is 11.5. The van der Waals surface area contributed by atoms with Crippen LogP contribution >= 0.6 is 27.3 Å². The Kier molecular flexibility index (Phi) is 4.27. The third-order valence-electron chi connectivity index (χ3n) is 2.64. The molecular formula is C12H13BrN2O2S2. The van der Waals surface area contributed by atoms with E-state index in [9.17, 15) is 8.42 Å². The largest absolute Gasteiger partial charge is 0.263 e. The zero-order valence-electron chi connectivity index (χ0n) is 10.5. The van der Waals surface area contributed by atoms with E-state index in [1.165, 1.54) is 11.3 Å². The lowest BCUT2D eigenvalue weighted by Crippen LogP contribution is -2.12. The van der Waals surface area contributed by atoms with Crippen LogP contribution in [0, 0.1) is 13.8 Å². The second-order valence-electron chi connectivity index (χ2n) is 4.04. The Labute approximate surface area is 125 Å². The van der Waals surface area contributed by atoms with Crippen LogP contribution in [0.15, 0.2) is 29.2 Å². The number of aromatic nitrogens is 1. The van der Waals surface area contributed by atoms with Gasteiger partial charge in [-0.05, 0) is 31.5 Å². The number of hydrogen-bond acceptors (Lipinski definition) is 4. The number of sulfonamides is 1. The Morgan fingerprint density at radius 3 is 2.37 bits per heavy atom. The summed E-state index contributed by atoms with van der Waals surface area (Å²) in [6, 6.07) is 6.74. The first-order valence-electron chi connectivity index (χ1n) is 5.54. The van der Waals surface area contributed by atoms with Gasteiger partial charge < -0.3 is 0 Å². The highest BCUT2D eigenvalue weighted by atomic mass is 79.9. The third kappa shape index (κ3) is 3.34. The molecule has 0 spiro atoms. The van der Waals surface area contributed by atoms with Crippen molar-refractivity contribution in [3.8, 4) is 0 Å². The average Bonchev–Trinajstić information content (AvgIpc) is 2.67. The number of nitrogens with one attached hydrogen (secondary N) is 1. The molecule has 1 N–H and O–H groups in total. The second-order valence-corrected chi connectivity index (χ2v) is 7.49. The van der Waals surface area contributed by atoms with Gasteiger partial charge in [-0.3, -0.25) is 4.72 Å². The molecule has 0 saturated carbocycles. The number of rotatable bonds is 4. The van der Waals surface area contributed by atoms with Gasteiger partial charge in [0.2, 0.25) is 0 Å². The predicted octanol–water partition coefficient (Wildman–Crippen LogP) is 3.46. The number of nitrogens with zero attached hydrogens (tertiary/aromatic N) is 1. The molecule has 1 aromatic carbocycles. The summed E-state index contributed by atoms with van der Waals surface area (Å²) in [5.41, 5.74) is 1.87. The van der Waals surface area contributed by atoms with Gasteiger partial charge in [0.15, 0.2) is 5.13 Å². The molecule has 0 fully saturated rings. The van der Waals surface area contributed by atoms with Gasteiger partial charge in [0.25, 0.3) is 10.0 Å². The summed E-state index contributed by atoms with van der Waals surface area (Å²) in [6.45, 7) is 3.77. The summed E-state index contributed by atoms with van der Waals surface area (Å²) >= 11 is 4.66. The Morgan fingerprint density at radius 2 is 1.89 bits per heavy atom. The molecule has 0 saturated heterocycles. The van der Waals surface area contributed by atoms with E-state index in [1.54, 1.807) is 24.3 Å². The smallest absolute Gasteiger partial charge is 0.255 e. The Bertz CT molecular complexity index is 659. The number of thiazole rings is 1. The lowest BCUT2D eigenvalue weighted by Gasteiger charge is -2.05. The molecule has 102 valence electrons. The average molecular weight is 361 g/mol. The minimum absolute atomic E-state index is 0.239. The molecule has 0 unspecified atom stereocenters. The minimum Gasteiger partial charge on any atom is -0.255 e. The van der Waals surface area contributed by atoms with E-state index < -0.39 is 10.0 Å². The molecule has 1 heterocycles. The maximum atomic E-state index is 12.2.